The normalized spacial score (nSPS) is 10.5. The molecule has 3 heteroatoms. The summed E-state index contributed by atoms with van der Waals surface area (Å²) >= 11 is 5.95. The van der Waals surface area contributed by atoms with Crippen molar-refractivity contribution in [2.24, 2.45) is 5.92 Å². The number of carbonyl (C=O) groups is 1. The van der Waals surface area contributed by atoms with Gasteiger partial charge in [-0.1, -0.05) is 31.5 Å². The fraction of sp³-hybridized carbons (Fsp3) is 0.417. The van der Waals surface area contributed by atoms with Crippen LogP contribution in [0.2, 0.25) is 5.02 Å². The second-order valence-corrected chi connectivity index (χ2v) is 4.47. The minimum Gasteiger partial charge on any atom is -0.326 e. The van der Waals surface area contributed by atoms with Crippen molar-refractivity contribution in [1.82, 2.24) is 0 Å². The fourth-order valence-corrected chi connectivity index (χ4v) is 1.49. The molecule has 82 valence electrons. The molecule has 0 radical (unpaired) electrons. The number of anilines is 1. The van der Waals surface area contributed by atoms with Gasteiger partial charge >= 0.3 is 0 Å². The standard InChI is InChI=1S/C12H16ClNO/c1-8(2)7-12(15)14-11-6-4-5-10(13)9(11)3/h4-6,8H,7H2,1-3H3,(H,14,15). The highest BCUT2D eigenvalue weighted by atomic mass is 35.5. The first-order chi connectivity index (χ1) is 7.00. The van der Waals surface area contributed by atoms with E-state index in [0.29, 0.717) is 17.4 Å². The number of rotatable bonds is 3. The lowest BCUT2D eigenvalue weighted by molar-refractivity contribution is -0.116. The summed E-state index contributed by atoms with van der Waals surface area (Å²) in [5, 5.41) is 3.54. The van der Waals surface area contributed by atoms with E-state index < -0.39 is 0 Å². The molecule has 0 aliphatic rings. The number of hydrogen-bond acceptors (Lipinski definition) is 1. The lowest BCUT2D eigenvalue weighted by atomic mass is 10.1. The first-order valence-electron chi connectivity index (χ1n) is 5.05. The summed E-state index contributed by atoms with van der Waals surface area (Å²) in [7, 11) is 0. The van der Waals surface area contributed by atoms with Gasteiger partial charge in [-0.2, -0.15) is 0 Å². The number of amides is 1. The van der Waals surface area contributed by atoms with Crippen LogP contribution in [0.25, 0.3) is 0 Å². The van der Waals surface area contributed by atoms with Gasteiger partial charge in [-0.05, 0) is 30.5 Å². The summed E-state index contributed by atoms with van der Waals surface area (Å²) in [6, 6.07) is 5.51. The van der Waals surface area contributed by atoms with Crippen LogP contribution in [0.5, 0.6) is 0 Å². The Balaban J connectivity index is 2.73. The van der Waals surface area contributed by atoms with Crippen molar-refractivity contribution in [1.29, 1.82) is 0 Å². The first-order valence-corrected chi connectivity index (χ1v) is 5.43. The molecule has 15 heavy (non-hydrogen) atoms. The Morgan fingerprint density at radius 3 is 2.73 bits per heavy atom. The van der Waals surface area contributed by atoms with Crippen LogP contribution in [0.15, 0.2) is 18.2 Å². The molecule has 1 aromatic carbocycles. The van der Waals surface area contributed by atoms with Gasteiger partial charge in [0.2, 0.25) is 5.91 Å². The molecule has 1 rings (SSSR count). The molecule has 0 heterocycles. The van der Waals surface area contributed by atoms with Gasteiger partial charge in [0, 0.05) is 17.1 Å². The molecular formula is C12H16ClNO. The Morgan fingerprint density at radius 1 is 1.47 bits per heavy atom. The molecular weight excluding hydrogens is 210 g/mol. The van der Waals surface area contributed by atoms with Crippen LogP contribution in [-0.4, -0.2) is 5.91 Å². The topological polar surface area (TPSA) is 29.1 Å². The van der Waals surface area contributed by atoms with Crippen molar-refractivity contribution in [2.75, 3.05) is 5.32 Å². The van der Waals surface area contributed by atoms with Crippen molar-refractivity contribution >= 4 is 23.2 Å². The van der Waals surface area contributed by atoms with Gasteiger partial charge in [-0.15, -0.1) is 0 Å². The number of hydrogen-bond donors (Lipinski definition) is 1. The van der Waals surface area contributed by atoms with Crippen LogP contribution < -0.4 is 5.32 Å². The average molecular weight is 226 g/mol. The lowest BCUT2D eigenvalue weighted by Crippen LogP contribution is -2.14. The zero-order valence-electron chi connectivity index (χ0n) is 9.30. The van der Waals surface area contributed by atoms with E-state index in [4.69, 9.17) is 11.6 Å². The molecule has 0 aliphatic heterocycles. The summed E-state index contributed by atoms with van der Waals surface area (Å²) in [6.45, 7) is 5.93. The maximum absolute atomic E-state index is 11.5. The molecule has 0 spiro atoms. The smallest absolute Gasteiger partial charge is 0.224 e. The number of carbonyl (C=O) groups excluding carboxylic acids is 1. The molecule has 0 bridgehead atoms. The molecule has 0 atom stereocenters. The van der Waals surface area contributed by atoms with E-state index in [0.717, 1.165) is 11.3 Å². The highest BCUT2D eigenvalue weighted by Crippen LogP contribution is 2.23. The Labute approximate surface area is 95.6 Å². The van der Waals surface area contributed by atoms with E-state index in [1.807, 2.05) is 39.0 Å². The van der Waals surface area contributed by atoms with E-state index in [1.54, 1.807) is 0 Å². The van der Waals surface area contributed by atoms with Crippen molar-refractivity contribution < 1.29 is 4.79 Å². The number of halogens is 1. The Morgan fingerprint density at radius 2 is 2.13 bits per heavy atom. The van der Waals surface area contributed by atoms with E-state index >= 15 is 0 Å². The molecule has 2 nitrogen and oxygen atoms in total. The minimum atomic E-state index is 0.0374. The van der Waals surface area contributed by atoms with Crippen LogP contribution in [0.3, 0.4) is 0 Å². The van der Waals surface area contributed by atoms with E-state index in [2.05, 4.69) is 5.32 Å². The molecule has 1 amide bonds. The zero-order chi connectivity index (χ0) is 11.4. The highest BCUT2D eigenvalue weighted by molar-refractivity contribution is 6.31. The molecule has 0 fully saturated rings. The van der Waals surface area contributed by atoms with Gasteiger partial charge in [0.1, 0.15) is 0 Å². The van der Waals surface area contributed by atoms with Crippen LogP contribution in [-0.2, 0) is 4.79 Å². The van der Waals surface area contributed by atoms with E-state index in [1.165, 1.54) is 0 Å². The van der Waals surface area contributed by atoms with Gasteiger partial charge < -0.3 is 5.32 Å². The Kier molecular flexibility index (Phi) is 4.15. The maximum Gasteiger partial charge on any atom is 0.224 e. The Bertz CT molecular complexity index is 361. The maximum atomic E-state index is 11.5. The third kappa shape index (κ3) is 3.56. The van der Waals surface area contributed by atoms with Crippen molar-refractivity contribution in [3.05, 3.63) is 28.8 Å². The average Bonchev–Trinajstić information content (AvgIpc) is 2.11. The van der Waals surface area contributed by atoms with Gasteiger partial charge in [0.15, 0.2) is 0 Å². The predicted molar refractivity (Wildman–Crippen MR) is 64.3 cm³/mol. The summed E-state index contributed by atoms with van der Waals surface area (Å²) in [5.74, 6) is 0.403. The Hall–Kier alpha value is -1.02. The number of benzene rings is 1. The van der Waals surface area contributed by atoms with Gasteiger partial charge in [0.05, 0.1) is 0 Å². The summed E-state index contributed by atoms with van der Waals surface area (Å²) in [6.07, 6.45) is 0.534. The van der Waals surface area contributed by atoms with Crippen molar-refractivity contribution in [3.8, 4) is 0 Å². The fourth-order valence-electron chi connectivity index (χ4n) is 1.31. The van der Waals surface area contributed by atoms with Crippen molar-refractivity contribution in [3.63, 3.8) is 0 Å². The second kappa shape index (κ2) is 5.17. The summed E-state index contributed by atoms with van der Waals surface area (Å²) < 4.78 is 0. The number of nitrogens with one attached hydrogen (secondary N) is 1. The molecule has 1 aromatic rings. The highest BCUT2D eigenvalue weighted by Gasteiger charge is 2.07. The molecule has 0 saturated heterocycles. The molecule has 0 aliphatic carbocycles. The molecule has 0 saturated carbocycles. The quantitative estimate of drug-likeness (QED) is 0.836. The summed E-state index contributed by atoms with van der Waals surface area (Å²) in [4.78, 5) is 11.5. The third-order valence-electron chi connectivity index (χ3n) is 2.14. The second-order valence-electron chi connectivity index (χ2n) is 4.06. The van der Waals surface area contributed by atoms with E-state index in [9.17, 15) is 4.79 Å². The van der Waals surface area contributed by atoms with Crippen LogP contribution in [0.4, 0.5) is 5.69 Å². The molecule has 0 aromatic heterocycles. The lowest BCUT2D eigenvalue weighted by Gasteiger charge is -2.10. The summed E-state index contributed by atoms with van der Waals surface area (Å²) in [5.41, 5.74) is 1.71. The SMILES string of the molecule is Cc1c(Cl)cccc1NC(=O)CC(C)C. The first kappa shape index (κ1) is 12.1. The van der Waals surface area contributed by atoms with Gasteiger partial charge in [-0.3, -0.25) is 4.79 Å². The zero-order valence-corrected chi connectivity index (χ0v) is 10.1. The monoisotopic (exact) mass is 225 g/mol. The largest absolute Gasteiger partial charge is 0.326 e. The van der Waals surface area contributed by atoms with E-state index in [-0.39, 0.29) is 5.91 Å². The van der Waals surface area contributed by atoms with Gasteiger partial charge in [0.25, 0.3) is 0 Å². The minimum absolute atomic E-state index is 0.0374. The molecule has 0 unspecified atom stereocenters. The third-order valence-corrected chi connectivity index (χ3v) is 2.54. The predicted octanol–water partition coefficient (Wildman–Crippen LogP) is 3.63. The van der Waals surface area contributed by atoms with Crippen LogP contribution in [0.1, 0.15) is 25.8 Å². The van der Waals surface area contributed by atoms with Crippen LogP contribution >= 0.6 is 11.6 Å². The van der Waals surface area contributed by atoms with Crippen LogP contribution in [0, 0.1) is 12.8 Å². The van der Waals surface area contributed by atoms with Gasteiger partial charge in [-0.25, -0.2) is 0 Å². The molecule has 1 N–H and O–H groups in total. The van der Waals surface area contributed by atoms with Crippen molar-refractivity contribution in [2.45, 2.75) is 27.2 Å².